The molecule has 3 aromatic carbocycles. The van der Waals surface area contributed by atoms with Gasteiger partial charge in [-0.2, -0.15) is 0 Å². The van der Waals surface area contributed by atoms with Gasteiger partial charge in [-0.25, -0.2) is 13.2 Å². The molecule has 0 saturated heterocycles. The summed E-state index contributed by atoms with van der Waals surface area (Å²) in [6.07, 6.45) is 26.5. The van der Waals surface area contributed by atoms with Crippen LogP contribution in [0, 0.1) is 35.2 Å². The minimum absolute atomic E-state index is 0.192. The first-order valence-electron chi connectivity index (χ1n) is 18.7. The predicted molar refractivity (Wildman–Crippen MR) is 194 cm³/mol. The van der Waals surface area contributed by atoms with Crippen LogP contribution >= 0.6 is 0 Å². The number of benzene rings is 3. The highest BCUT2D eigenvalue weighted by Gasteiger charge is 2.29. The summed E-state index contributed by atoms with van der Waals surface area (Å²) in [7, 11) is 0. The van der Waals surface area contributed by atoms with Crippen molar-refractivity contribution in [2.24, 2.45) is 17.8 Å². The molecule has 0 heterocycles. The molecule has 5 rings (SSSR count). The number of allylic oxidation sites excluding steroid dienone is 4. The summed E-state index contributed by atoms with van der Waals surface area (Å²) in [4.78, 5) is 0. The van der Waals surface area contributed by atoms with Crippen molar-refractivity contribution >= 4 is 5.57 Å². The largest absolute Gasteiger partial charge is 0.206 e. The Hall–Kier alpha value is -3.07. The SMILES string of the molecule is CC=CCCC1CCC(C2CC=C(c3ccc(-c4ccc(-c5ccc(CCCCCCCCC)c(F)c5F)cc4)cc3F)CC2)CC1. The van der Waals surface area contributed by atoms with Crippen LogP contribution in [0.5, 0.6) is 0 Å². The quantitative estimate of drug-likeness (QED) is 0.115. The van der Waals surface area contributed by atoms with Gasteiger partial charge in [0.05, 0.1) is 0 Å². The normalized spacial score (nSPS) is 20.1. The van der Waals surface area contributed by atoms with Crippen LogP contribution in [0.2, 0.25) is 0 Å². The molecule has 0 bridgehead atoms. The third-order valence-corrected chi connectivity index (χ3v) is 11.0. The van der Waals surface area contributed by atoms with Gasteiger partial charge in [0, 0.05) is 11.1 Å². The summed E-state index contributed by atoms with van der Waals surface area (Å²) in [5.41, 5.74) is 4.82. The summed E-state index contributed by atoms with van der Waals surface area (Å²) < 4.78 is 45.6. The van der Waals surface area contributed by atoms with Gasteiger partial charge in [0.2, 0.25) is 0 Å². The zero-order valence-corrected chi connectivity index (χ0v) is 28.8. The first-order valence-corrected chi connectivity index (χ1v) is 18.7. The topological polar surface area (TPSA) is 0 Å². The van der Waals surface area contributed by atoms with Gasteiger partial charge in [-0.15, -0.1) is 0 Å². The standard InChI is InChI=1S/C44H55F3/c1-3-5-7-8-9-10-12-14-38-27-30-41(44(47)43(38)46)37-25-21-35(22-26-37)39-28-29-40(42(45)31-39)36-23-19-34(20-24-36)33-17-15-32(16-18-33)13-11-6-4-2/h4,6,21-23,25-34H,3,5,7-20,24H2,1-2H3. The third-order valence-electron chi connectivity index (χ3n) is 11.0. The van der Waals surface area contributed by atoms with Gasteiger partial charge in [0.25, 0.3) is 0 Å². The highest BCUT2D eigenvalue weighted by atomic mass is 19.2. The fourth-order valence-electron chi connectivity index (χ4n) is 8.05. The molecule has 0 nitrogen and oxygen atoms in total. The molecule has 1 fully saturated rings. The Morgan fingerprint density at radius 1 is 0.681 bits per heavy atom. The molecule has 2 aliphatic rings. The minimum Gasteiger partial charge on any atom is -0.206 e. The van der Waals surface area contributed by atoms with E-state index in [2.05, 4.69) is 32.1 Å². The van der Waals surface area contributed by atoms with Gasteiger partial charge in [0.15, 0.2) is 11.6 Å². The van der Waals surface area contributed by atoms with Crippen molar-refractivity contribution < 1.29 is 13.2 Å². The smallest absolute Gasteiger partial charge is 0.166 e. The van der Waals surface area contributed by atoms with E-state index in [0.29, 0.717) is 23.1 Å². The van der Waals surface area contributed by atoms with Crippen molar-refractivity contribution in [1.29, 1.82) is 0 Å². The predicted octanol–water partition coefficient (Wildman–Crippen LogP) is 14.1. The van der Waals surface area contributed by atoms with Crippen molar-refractivity contribution in [2.45, 2.75) is 123 Å². The second-order valence-electron chi connectivity index (χ2n) is 14.2. The lowest BCUT2D eigenvalue weighted by atomic mass is 9.70. The molecule has 1 atom stereocenters. The van der Waals surface area contributed by atoms with Crippen molar-refractivity contribution in [3.8, 4) is 22.3 Å². The average Bonchev–Trinajstić information content (AvgIpc) is 3.10. The first kappa shape index (κ1) is 35.2. The number of rotatable bonds is 15. The Morgan fingerprint density at radius 2 is 1.36 bits per heavy atom. The lowest BCUT2D eigenvalue weighted by Gasteiger charge is -2.35. The van der Waals surface area contributed by atoms with E-state index < -0.39 is 11.6 Å². The molecule has 1 unspecified atom stereocenters. The van der Waals surface area contributed by atoms with Gasteiger partial charge < -0.3 is 0 Å². The van der Waals surface area contributed by atoms with E-state index in [9.17, 15) is 4.39 Å². The summed E-state index contributed by atoms with van der Waals surface area (Å²) in [6, 6.07) is 16.3. The van der Waals surface area contributed by atoms with Crippen LogP contribution in [0.15, 0.2) is 72.8 Å². The Kier molecular flexibility index (Phi) is 13.4. The fraction of sp³-hybridized carbons (Fsp3) is 0.500. The van der Waals surface area contributed by atoms with E-state index in [0.717, 1.165) is 73.0 Å². The van der Waals surface area contributed by atoms with E-state index in [4.69, 9.17) is 0 Å². The number of hydrogen-bond acceptors (Lipinski definition) is 0. The van der Waals surface area contributed by atoms with Crippen LogP contribution in [-0.2, 0) is 6.42 Å². The molecule has 47 heavy (non-hydrogen) atoms. The Morgan fingerprint density at radius 3 is 2.04 bits per heavy atom. The van der Waals surface area contributed by atoms with Crippen LogP contribution in [-0.4, -0.2) is 0 Å². The second-order valence-corrected chi connectivity index (χ2v) is 14.2. The van der Waals surface area contributed by atoms with Crippen LogP contribution < -0.4 is 0 Å². The number of aryl methyl sites for hydroxylation is 1. The summed E-state index contributed by atoms with van der Waals surface area (Å²) in [5.74, 6) is 0.726. The minimum atomic E-state index is -0.788. The maximum Gasteiger partial charge on any atom is 0.166 e. The van der Waals surface area contributed by atoms with Gasteiger partial charge in [-0.05, 0) is 116 Å². The Bertz CT molecular complexity index is 1470. The zero-order chi connectivity index (χ0) is 33.0. The van der Waals surface area contributed by atoms with E-state index in [-0.39, 0.29) is 11.4 Å². The Labute approximate surface area is 282 Å². The molecule has 0 radical (unpaired) electrons. The monoisotopic (exact) mass is 640 g/mol. The molecular weight excluding hydrogens is 585 g/mol. The fourth-order valence-corrected chi connectivity index (χ4v) is 8.05. The molecule has 0 spiro atoms. The summed E-state index contributed by atoms with van der Waals surface area (Å²) >= 11 is 0. The molecule has 0 aliphatic heterocycles. The molecular formula is C44H55F3. The lowest BCUT2D eigenvalue weighted by Crippen LogP contribution is -2.23. The second kappa shape index (κ2) is 17.9. The summed E-state index contributed by atoms with van der Waals surface area (Å²) in [6.45, 7) is 4.31. The van der Waals surface area contributed by atoms with Gasteiger partial charge in [-0.1, -0.05) is 125 Å². The first-order chi connectivity index (χ1) is 23.0. The van der Waals surface area contributed by atoms with E-state index in [1.165, 1.54) is 64.2 Å². The number of hydrogen-bond donors (Lipinski definition) is 0. The average molecular weight is 641 g/mol. The van der Waals surface area contributed by atoms with Gasteiger partial charge >= 0.3 is 0 Å². The van der Waals surface area contributed by atoms with Crippen molar-refractivity contribution in [2.75, 3.05) is 0 Å². The maximum absolute atomic E-state index is 15.5. The molecule has 3 aromatic rings. The van der Waals surface area contributed by atoms with Gasteiger partial charge in [0.1, 0.15) is 5.82 Å². The van der Waals surface area contributed by atoms with Gasteiger partial charge in [-0.3, -0.25) is 0 Å². The molecule has 3 heteroatoms. The van der Waals surface area contributed by atoms with Crippen molar-refractivity contribution in [1.82, 2.24) is 0 Å². The number of unbranched alkanes of at least 4 members (excludes halogenated alkanes) is 6. The van der Waals surface area contributed by atoms with Crippen LogP contribution in [0.1, 0.15) is 128 Å². The number of halogens is 3. The molecule has 0 aromatic heterocycles. The van der Waals surface area contributed by atoms with Crippen molar-refractivity contribution in [3.05, 3.63) is 101 Å². The molecule has 2 aliphatic carbocycles. The summed E-state index contributed by atoms with van der Waals surface area (Å²) in [5, 5.41) is 0. The molecule has 0 amide bonds. The van der Waals surface area contributed by atoms with Crippen LogP contribution in [0.4, 0.5) is 13.2 Å². The van der Waals surface area contributed by atoms with Crippen LogP contribution in [0.25, 0.3) is 27.8 Å². The molecule has 1 saturated carbocycles. The molecule has 252 valence electrons. The highest BCUT2D eigenvalue weighted by Crippen LogP contribution is 2.42. The maximum atomic E-state index is 15.5. The van der Waals surface area contributed by atoms with Crippen molar-refractivity contribution in [3.63, 3.8) is 0 Å². The molecule has 0 N–H and O–H groups in total. The van der Waals surface area contributed by atoms with Crippen LogP contribution in [0.3, 0.4) is 0 Å². The lowest BCUT2D eigenvalue weighted by molar-refractivity contribution is 0.190. The van der Waals surface area contributed by atoms with E-state index in [1.54, 1.807) is 30.3 Å². The van der Waals surface area contributed by atoms with E-state index >= 15 is 8.78 Å². The third kappa shape index (κ3) is 9.52. The zero-order valence-electron chi connectivity index (χ0n) is 28.8. The highest BCUT2D eigenvalue weighted by molar-refractivity contribution is 5.74. The Balaban J connectivity index is 1.15. The van der Waals surface area contributed by atoms with E-state index in [1.807, 2.05) is 24.3 Å².